The van der Waals surface area contributed by atoms with Crippen molar-refractivity contribution in [1.29, 1.82) is 0 Å². The van der Waals surface area contributed by atoms with Gasteiger partial charge in [0.15, 0.2) is 0 Å². The highest BCUT2D eigenvalue weighted by Gasteiger charge is 2.20. The third-order valence-electron chi connectivity index (χ3n) is 3.28. The molecular weight excluding hydrogens is 305 g/mol. The van der Waals surface area contributed by atoms with Gasteiger partial charge in [0, 0.05) is 18.7 Å². The predicted octanol–water partition coefficient (Wildman–Crippen LogP) is 3.18. The fraction of sp³-hybridized carbons (Fsp3) is 0.438. The normalized spacial score (nSPS) is 12.2. The van der Waals surface area contributed by atoms with Crippen LogP contribution in [-0.4, -0.2) is 39.0 Å². The molecule has 2 aromatic rings. The van der Waals surface area contributed by atoms with E-state index in [0.29, 0.717) is 23.9 Å². The molecule has 120 valence electrons. The van der Waals surface area contributed by atoms with Crippen molar-refractivity contribution in [3.8, 4) is 5.69 Å². The largest absolute Gasteiger partial charge is 0.389 e. The summed E-state index contributed by atoms with van der Waals surface area (Å²) in [6.07, 6.45) is 0. The second-order valence-corrected chi connectivity index (χ2v) is 6.59. The highest BCUT2D eigenvalue weighted by Crippen LogP contribution is 2.25. The summed E-state index contributed by atoms with van der Waals surface area (Å²) in [5, 5.41) is 14.8. The van der Waals surface area contributed by atoms with Crippen LogP contribution >= 0.6 is 11.6 Å². The molecule has 0 saturated carbocycles. The van der Waals surface area contributed by atoms with Crippen LogP contribution in [0.3, 0.4) is 0 Å². The summed E-state index contributed by atoms with van der Waals surface area (Å²) in [6, 6.07) is 6.03. The van der Waals surface area contributed by atoms with Crippen LogP contribution in [0, 0.1) is 12.7 Å². The molecule has 0 radical (unpaired) electrons. The number of likely N-dealkylation sites (N-methyl/N-ethyl adjacent to an activating group) is 1. The number of aryl methyl sites for hydroxylation is 1. The molecule has 1 aromatic heterocycles. The number of hydrogen-bond donors (Lipinski definition) is 1. The maximum atomic E-state index is 13.0. The van der Waals surface area contributed by atoms with Gasteiger partial charge in [-0.05, 0) is 52.1 Å². The minimum absolute atomic E-state index is 0.297. The fourth-order valence-corrected chi connectivity index (χ4v) is 2.78. The molecule has 22 heavy (non-hydrogen) atoms. The standard InChI is InChI=1S/C16H21ClFN3O/c1-11-14(9-20(4)10-16(2,3)22)15(17)21(19-11)13-7-5-12(18)6-8-13/h5-8,22H,9-10H2,1-4H3. The fourth-order valence-electron chi connectivity index (χ4n) is 2.45. The van der Waals surface area contributed by atoms with Crippen LogP contribution in [0.2, 0.25) is 5.15 Å². The second-order valence-electron chi connectivity index (χ2n) is 6.23. The summed E-state index contributed by atoms with van der Waals surface area (Å²) in [4.78, 5) is 1.99. The smallest absolute Gasteiger partial charge is 0.137 e. The van der Waals surface area contributed by atoms with Crippen LogP contribution in [0.25, 0.3) is 5.69 Å². The monoisotopic (exact) mass is 325 g/mol. The maximum absolute atomic E-state index is 13.0. The lowest BCUT2D eigenvalue weighted by molar-refractivity contribution is 0.0424. The zero-order valence-electron chi connectivity index (χ0n) is 13.3. The van der Waals surface area contributed by atoms with Crippen molar-refractivity contribution in [2.75, 3.05) is 13.6 Å². The molecule has 1 aromatic carbocycles. The molecule has 6 heteroatoms. The Bertz CT molecular complexity index is 647. The Hall–Kier alpha value is -1.43. The summed E-state index contributed by atoms with van der Waals surface area (Å²) >= 11 is 6.44. The molecule has 0 atom stereocenters. The molecule has 0 saturated heterocycles. The molecule has 0 amide bonds. The van der Waals surface area contributed by atoms with Gasteiger partial charge in [-0.3, -0.25) is 4.90 Å². The summed E-state index contributed by atoms with van der Waals surface area (Å²) in [7, 11) is 1.92. The first-order chi connectivity index (χ1) is 10.2. The van der Waals surface area contributed by atoms with Gasteiger partial charge in [0.1, 0.15) is 11.0 Å². The first-order valence-electron chi connectivity index (χ1n) is 7.08. The van der Waals surface area contributed by atoms with Crippen LogP contribution in [0.5, 0.6) is 0 Å². The van der Waals surface area contributed by atoms with Crippen molar-refractivity contribution >= 4 is 11.6 Å². The summed E-state index contributed by atoms with van der Waals surface area (Å²) in [5.41, 5.74) is 1.66. The van der Waals surface area contributed by atoms with E-state index in [9.17, 15) is 9.50 Å². The molecule has 0 aliphatic carbocycles. The minimum atomic E-state index is -0.776. The topological polar surface area (TPSA) is 41.3 Å². The quantitative estimate of drug-likeness (QED) is 0.918. The van der Waals surface area contributed by atoms with Crippen molar-refractivity contribution in [3.63, 3.8) is 0 Å². The Morgan fingerprint density at radius 1 is 1.32 bits per heavy atom. The Kier molecular flexibility index (Phi) is 4.90. The highest BCUT2D eigenvalue weighted by molar-refractivity contribution is 6.30. The van der Waals surface area contributed by atoms with Gasteiger partial charge < -0.3 is 5.11 Å². The molecular formula is C16H21ClFN3O. The van der Waals surface area contributed by atoms with E-state index in [2.05, 4.69) is 5.10 Å². The van der Waals surface area contributed by atoms with Crippen molar-refractivity contribution in [2.24, 2.45) is 0 Å². The summed E-state index contributed by atoms with van der Waals surface area (Å²) < 4.78 is 14.6. The van der Waals surface area contributed by atoms with E-state index in [4.69, 9.17) is 11.6 Å². The lowest BCUT2D eigenvalue weighted by atomic mass is 10.1. The summed E-state index contributed by atoms with van der Waals surface area (Å²) in [6.45, 7) is 6.51. The lowest BCUT2D eigenvalue weighted by Crippen LogP contribution is -2.35. The lowest BCUT2D eigenvalue weighted by Gasteiger charge is -2.25. The minimum Gasteiger partial charge on any atom is -0.389 e. The molecule has 4 nitrogen and oxygen atoms in total. The van der Waals surface area contributed by atoms with Crippen LogP contribution in [0.1, 0.15) is 25.1 Å². The Morgan fingerprint density at radius 3 is 2.45 bits per heavy atom. The van der Waals surface area contributed by atoms with E-state index in [1.165, 1.54) is 12.1 Å². The first kappa shape index (κ1) is 16.9. The van der Waals surface area contributed by atoms with Crippen LogP contribution < -0.4 is 0 Å². The van der Waals surface area contributed by atoms with Gasteiger partial charge >= 0.3 is 0 Å². The van der Waals surface area contributed by atoms with E-state index in [1.54, 1.807) is 30.7 Å². The van der Waals surface area contributed by atoms with E-state index >= 15 is 0 Å². The Morgan fingerprint density at radius 2 is 1.91 bits per heavy atom. The number of rotatable bonds is 5. The van der Waals surface area contributed by atoms with Gasteiger partial charge in [-0.15, -0.1) is 0 Å². The molecule has 1 N–H and O–H groups in total. The van der Waals surface area contributed by atoms with Gasteiger partial charge in [0.05, 0.1) is 17.0 Å². The average molecular weight is 326 g/mol. The first-order valence-corrected chi connectivity index (χ1v) is 7.46. The molecule has 0 aliphatic heterocycles. The van der Waals surface area contributed by atoms with E-state index in [0.717, 1.165) is 11.3 Å². The van der Waals surface area contributed by atoms with Crippen molar-refractivity contribution in [3.05, 3.63) is 46.5 Å². The van der Waals surface area contributed by atoms with Crippen LogP contribution in [-0.2, 0) is 6.54 Å². The number of halogens is 2. The third-order valence-corrected chi connectivity index (χ3v) is 3.67. The highest BCUT2D eigenvalue weighted by atomic mass is 35.5. The number of benzene rings is 1. The number of aromatic nitrogens is 2. The zero-order valence-corrected chi connectivity index (χ0v) is 14.0. The molecule has 0 aliphatic rings. The van der Waals surface area contributed by atoms with Gasteiger partial charge in [0.25, 0.3) is 0 Å². The van der Waals surface area contributed by atoms with E-state index in [1.807, 2.05) is 18.9 Å². The molecule has 0 bridgehead atoms. The molecule has 1 heterocycles. The van der Waals surface area contributed by atoms with Crippen LogP contribution in [0.15, 0.2) is 24.3 Å². The Balaban J connectivity index is 2.26. The van der Waals surface area contributed by atoms with Crippen molar-refractivity contribution in [1.82, 2.24) is 14.7 Å². The average Bonchev–Trinajstić information content (AvgIpc) is 2.66. The maximum Gasteiger partial charge on any atom is 0.137 e. The van der Waals surface area contributed by atoms with Gasteiger partial charge in [-0.1, -0.05) is 11.6 Å². The molecule has 2 rings (SSSR count). The molecule has 0 fully saturated rings. The van der Waals surface area contributed by atoms with E-state index < -0.39 is 5.60 Å². The number of hydrogen-bond acceptors (Lipinski definition) is 3. The van der Waals surface area contributed by atoms with Gasteiger partial charge in [-0.2, -0.15) is 5.10 Å². The van der Waals surface area contributed by atoms with Crippen LogP contribution in [0.4, 0.5) is 4.39 Å². The third kappa shape index (κ3) is 4.06. The molecule has 0 spiro atoms. The van der Waals surface area contributed by atoms with Gasteiger partial charge in [-0.25, -0.2) is 9.07 Å². The SMILES string of the molecule is Cc1nn(-c2ccc(F)cc2)c(Cl)c1CN(C)CC(C)(C)O. The predicted molar refractivity (Wildman–Crippen MR) is 85.9 cm³/mol. The summed E-state index contributed by atoms with van der Waals surface area (Å²) in [5.74, 6) is -0.297. The van der Waals surface area contributed by atoms with Gasteiger partial charge in [0.2, 0.25) is 0 Å². The zero-order chi connectivity index (χ0) is 16.5. The second kappa shape index (κ2) is 6.36. The van der Waals surface area contributed by atoms with E-state index in [-0.39, 0.29) is 5.82 Å². The van der Waals surface area contributed by atoms with Crippen molar-refractivity contribution in [2.45, 2.75) is 32.9 Å². The molecule has 0 unspecified atom stereocenters. The van der Waals surface area contributed by atoms with Crippen molar-refractivity contribution < 1.29 is 9.50 Å². The Labute approximate surface area is 135 Å². The number of aliphatic hydroxyl groups is 1. The number of nitrogens with zero attached hydrogens (tertiary/aromatic N) is 3.